The maximum atomic E-state index is 6.33. The minimum absolute atomic E-state index is 0.105. The summed E-state index contributed by atoms with van der Waals surface area (Å²) in [6.45, 7) is 10.5. The maximum absolute atomic E-state index is 6.33. The molecule has 0 bridgehead atoms. The monoisotopic (exact) mass is 227 g/mol. The van der Waals surface area contributed by atoms with Crippen molar-refractivity contribution in [3.05, 3.63) is 0 Å². The van der Waals surface area contributed by atoms with Crippen LogP contribution >= 0.6 is 0 Å². The highest BCUT2D eigenvalue weighted by Crippen LogP contribution is 2.22. The third-order valence-electron chi connectivity index (χ3n) is 4.07. The molecule has 4 heteroatoms. The minimum Gasteiger partial charge on any atom is -0.379 e. The van der Waals surface area contributed by atoms with Crippen LogP contribution in [0.5, 0.6) is 0 Å². The summed E-state index contributed by atoms with van der Waals surface area (Å²) in [5, 5.41) is 0. The lowest BCUT2D eigenvalue weighted by Gasteiger charge is -2.47. The zero-order valence-corrected chi connectivity index (χ0v) is 10.8. The summed E-state index contributed by atoms with van der Waals surface area (Å²) in [6, 6.07) is 0. The number of nitrogens with two attached hydrogens (primary N) is 1. The summed E-state index contributed by atoms with van der Waals surface area (Å²) < 4.78 is 5.41. The Morgan fingerprint density at radius 1 is 1.31 bits per heavy atom. The van der Waals surface area contributed by atoms with Crippen molar-refractivity contribution < 1.29 is 4.74 Å². The molecule has 94 valence electrons. The molecule has 0 radical (unpaired) electrons. The Balaban J connectivity index is 1.91. The molecule has 4 nitrogen and oxygen atoms in total. The second-order valence-corrected chi connectivity index (χ2v) is 6.11. The molecule has 2 fully saturated rings. The molecular formula is C12H25N3O. The van der Waals surface area contributed by atoms with E-state index in [4.69, 9.17) is 10.5 Å². The van der Waals surface area contributed by atoms with Gasteiger partial charge in [0.15, 0.2) is 0 Å². The Kier molecular flexibility index (Phi) is 3.27. The SMILES string of the molecule is CN1CCN(CC2(N)CCOC2)CC1(C)C. The van der Waals surface area contributed by atoms with Crippen molar-refractivity contribution >= 4 is 0 Å². The molecule has 0 aliphatic carbocycles. The van der Waals surface area contributed by atoms with Crippen LogP contribution < -0.4 is 5.73 Å². The number of likely N-dealkylation sites (N-methyl/N-ethyl adjacent to an activating group) is 1. The predicted octanol–water partition coefficient (Wildman–Crippen LogP) is 0.130. The lowest BCUT2D eigenvalue weighted by Crippen LogP contribution is -2.61. The van der Waals surface area contributed by atoms with E-state index in [2.05, 4.69) is 30.7 Å². The highest BCUT2D eigenvalue weighted by molar-refractivity contribution is 4.95. The van der Waals surface area contributed by atoms with Crippen molar-refractivity contribution in [2.24, 2.45) is 5.73 Å². The summed E-state index contributed by atoms with van der Waals surface area (Å²) in [6.07, 6.45) is 1.000. The Morgan fingerprint density at radius 3 is 2.62 bits per heavy atom. The van der Waals surface area contributed by atoms with Crippen LogP contribution in [-0.2, 0) is 4.74 Å². The Hall–Kier alpha value is -0.160. The van der Waals surface area contributed by atoms with Crippen LogP contribution in [0.1, 0.15) is 20.3 Å². The predicted molar refractivity (Wildman–Crippen MR) is 65.5 cm³/mol. The average Bonchev–Trinajstić information content (AvgIpc) is 2.58. The molecule has 0 aromatic heterocycles. The van der Waals surface area contributed by atoms with Crippen molar-refractivity contribution in [2.45, 2.75) is 31.3 Å². The molecule has 0 saturated carbocycles. The maximum Gasteiger partial charge on any atom is 0.0659 e. The molecule has 0 spiro atoms. The van der Waals surface area contributed by atoms with Gasteiger partial charge in [0.1, 0.15) is 0 Å². The van der Waals surface area contributed by atoms with Crippen molar-refractivity contribution in [2.75, 3.05) is 46.4 Å². The first kappa shape index (κ1) is 12.3. The standard InChI is InChI=1S/C12H25N3O/c1-11(2)8-15(6-5-14(11)3)9-12(13)4-7-16-10-12/h4-10,13H2,1-3H3. The van der Waals surface area contributed by atoms with Crippen LogP contribution in [0.4, 0.5) is 0 Å². The lowest BCUT2D eigenvalue weighted by atomic mass is 9.95. The van der Waals surface area contributed by atoms with Crippen molar-refractivity contribution in [1.29, 1.82) is 0 Å². The van der Waals surface area contributed by atoms with Crippen molar-refractivity contribution in [3.8, 4) is 0 Å². The molecule has 2 heterocycles. The van der Waals surface area contributed by atoms with Gasteiger partial charge in [-0.1, -0.05) is 0 Å². The molecule has 2 saturated heterocycles. The van der Waals surface area contributed by atoms with Crippen molar-refractivity contribution in [1.82, 2.24) is 9.80 Å². The molecule has 0 amide bonds. The molecule has 2 aliphatic rings. The van der Waals surface area contributed by atoms with Gasteiger partial charge in [-0.25, -0.2) is 0 Å². The van der Waals surface area contributed by atoms with E-state index in [1.54, 1.807) is 0 Å². The normalized spacial score (nSPS) is 36.8. The number of piperazine rings is 1. The first-order valence-electron chi connectivity index (χ1n) is 6.22. The van der Waals surface area contributed by atoms with Gasteiger partial charge in [-0.05, 0) is 27.3 Å². The Bertz CT molecular complexity index is 249. The molecule has 1 atom stereocenters. The fraction of sp³-hybridized carbons (Fsp3) is 1.00. The number of hydrogen-bond donors (Lipinski definition) is 1. The van der Waals surface area contributed by atoms with Crippen LogP contribution in [0.15, 0.2) is 0 Å². The van der Waals surface area contributed by atoms with Crippen LogP contribution in [0.3, 0.4) is 0 Å². The fourth-order valence-corrected chi connectivity index (χ4v) is 2.67. The number of ether oxygens (including phenoxy) is 1. The summed E-state index contributed by atoms with van der Waals surface area (Å²) in [5.74, 6) is 0. The molecule has 1 unspecified atom stereocenters. The summed E-state index contributed by atoms with van der Waals surface area (Å²) in [4.78, 5) is 4.92. The summed E-state index contributed by atoms with van der Waals surface area (Å²) in [7, 11) is 2.20. The molecule has 2 rings (SSSR count). The zero-order valence-electron chi connectivity index (χ0n) is 10.8. The smallest absolute Gasteiger partial charge is 0.0659 e. The quantitative estimate of drug-likeness (QED) is 0.728. The van der Waals surface area contributed by atoms with E-state index in [9.17, 15) is 0 Å². The van der Waals surface area contributed by atoms with Gasteiger partial charge in [0.2, 0.25) is 0 Å². The van der Waals surface area contributed by atoms with E-state index in [1.807, 2.05) is 0 Å². The van der Waals surface area contributed by atoms with E-state index < -0.39 is 0 Å². The second kappa shape index (κ2) is 4.26. The van der Waals surface area contributed by atoms with Crippen LogP contribution in [-0.4, -0.2) is 67.3 Å². The lowest BCUT2D eigenvalue weighted by molar-refractivity contribution is 0.0270. The molecule has 2 N–H and O–H groups in total. The Morgan fingerprint density at radius 2 is 2.06 bits per heavy atom. The number of nitrogens with zero attached hydrogens (tertiary/aromatic N) is 2. The van der Waals surface area contributed by atoms with Gasteiger partial charge in [0.05, 0.1) is 12.1 Å². The second-order valence-electron chi connectivity index (χ2n) is 6.11. The third kappa shape index (κ3) is 2.56. The zero-order chi connectivity index (χ0) is 11.8. The Labute approximate surface area is 98.7 Å². The molecule has 16 heavy (non-hydrogen) atoms. The van der Waals surface area contributed by atoms with Gasteiger partial charge in [-0.2, -0.15) is 0 Å². The van der Waals surface area contributed by atoms with Gasteiger partial charge < -0.3 is 10.5 Å². The topological polar surface area (TPSA) is 41.7 Å². The minimum atomic E-state index is -0.105. The van der Waals surface area contributed by atoms with Gasteiger partial charge >= 0.3 is 0 Å². The highest BCUT2D eigenvalue weighted by atomic mass is 16.5. The van der Waals surface area contributed by atoms with E-state index in [0.29, 0.717) is 0 Å². The molecular weight excluding hydrogens is 202 g/mol. The van der Waals surface area contributed by atoms with Crippen LogP contribution in [0, 0.1) is 0 Å². The highest BCUT2D eigenvalue weighted by Gasteiger charge is 2.37. The van der Waals surface area contributed by atoms with E-state index >= 15 is 0 Å². The van der Waals surface area contributed by atoms with E-state index in [0.717, 1.165) is 45.8 Å². The van der Waals surface area contributed by atoms with Gasteiger partial charge in [0, 0.05) is 38.3 Å². The largest absolute Gasteiger partial charge is 0.379 e. The molecule has 0 aromatic rings. The summed E-state index contributed by atoms with van der Waals surface area (Å²) in [5.41, 5.74) is 6.49. The fourth-order valence-electron chi connectivity index (χ4n) is 2.67. The summed E-state index contributed by atoms with van der Waals surface area (Å²) >= 11 is 0. The average molecular weight is 227 g/mol. The molecule has 0 aromatic carbocycles. The van der Waals surface area contributed by atoms with E-state index in [1.165, 1.54) is 0 Å². The number of hydrogen-bond acceptors (Lipinski definition) is 4. The van der Waals surface area contributed by atoms with Crippen LogP contribution in [0.25, 0.3) is 0 Å². The number of rotatable bonds is 2. The van der Waals surface area contributed by atoms with Gasteiger partial charge in [-0.3, -0.25) is 9.80 Å². The molecule has 2 aliphatic heterocycles. The third-order valence-corrected chi connectivity index (χ3v) is 4.07. The van der Waals surface area contributed by atoms with Gasteiger partial charge in [-0.15, -0.1) is 0 Å². The van der Waals surface area contributed by atoms with Crippen LogP contribution in [0.2, 0.25) is 0 Å². The first-order valence-corrected chi connectivity index (χ1v) is 6.22. The van der Waals surface area contributed by atoms with Gasteiger partial charge in [0.25, 0.3) is 0 Å². The first-order chi connectivity index (χ1) is 7.41. The van der Waals surface area contributed by atoms with Crippen molar-refractivity contribution in [3.63, 3.8) is 0 Å². The van der Waals surface area contributed by atoms with E-state index in [-0.39, 0.29) is 11.1 Å².